The third-order valence-electron chi connectivity index (χ3n) is 2.21. The highest BCUT2D eigenvalue weighted by Crippen LogP contribution is 2.33. The highest BCUT2D eigenvalue weighted by molar-refractivity contribution is 7.99. The number of carbonyl (C=O) groups is 1. The van der Waals surface area contributed by atoms with Crippen LogP contribution in [-0.2, 0) is 0 Å². The van der Waals surface area contributed by atoms with Crippen LogP contribution in [0.5, 0.6) is 0 Å². The van der Waals surface area contributed by atoms with Gasteiger partial charge in [-0.2, -0.15) is 0 Å². The highest BCUT2D eigenvalue weighted by Gasteiger charge is 2.15. The maximum atomic E-state index is 13.1. The van der Waals surface area contributed by atoms with Crippen molar-refractivity contribution in [1.82, 2.24) is 0 Å². The van der Waals surface area contributed by atoms with Crippen molar-refractivity contribution < 1.29 is 14.3 Å². The zero-order valence-electron chi connectivity index (χ0n) is 9.06. The van der Waals surface area contributed by atoms with E-state index in [9.17, 15) is 9.18 Å². The van der Waals surface area contributed by atoms with Gasteiger partial charge in [-0.05, 0) is 30.3 Å². The van der Waals surface area contributed by atoms with E-state index in [0.29, 0.717) is 9.79 Å². The Balaban J connectivity index is 2.40. The molecule has 0 saturated carbocycles. The number of carboxylic acid groups (broad SMARTS) is 1. The Hall–Kier alpha value is -1.52. The molecule has 0 radical (unpaired) electrons. The molecular weight excluding hydrogens is 275 g/mol. The Kier molecular flexibility index (Phi) is 3.89. The van der Waals surface area contributed by atoms with E-state index in [4.69, 9.17) is 16.7 Å². The number of hydrogen-bond acceptors (Lipinski definition) is 2. The summed E-state index contributed by atoms with van der Waals surface area (Å²) in [7, 11) is 0. The summed E-state index contributed by atoms with van der Waals surface area (Å²) >= 11 is 7.02. The fraction of sp³-hybridized carbons (Fsp3) is 0. The minimum Gasteiger partial charge on any atom is -0.478 e. The van der Waals surface area contributed by atoms with Crippen molar-refractivity contribution in [2.24, 2.45) is 0 Å². The van der Waals surface area contributed by atoms with Gasteiger partial charge < -0.3 is 5.11 Å². The van der Waals surface area contributed by atoms with Gasteiger partial charge in [0.15, 0.2) is 0 Å². The van der Waals surface area contributed by atoms with Crippen molar-refractivity contribution in [3.8, 4) is 0 Å². The molecule has 0 unspecified atom stereocenters. The fourth-order valence-electron chi connectivity index (χ4n) is 1.45. The van der Waals surface area contributed by atoms with Gasteiger partial charge >= 0.3 is 5.97 Å². The first kappa shape index (κ1) is 12.9. The summed E-state index contributed by atoms with van der Waals surface area (Å²) in [5.41, 5.74) is 0.0356. The van der Waals surface area contributed by atoms with E-state index in [1.54, 1.807) is 24.3 Å². The van der Waals surface area contributed by atoms with Gasteiger partial charge in [-0.1, -0.05) is 35.5 Å². The lowest BCUT2D eigenvalue weighted by Gasteiger charge is -2.07. The SMILES string of the molecule is O=C(O)c1c(Cl)cccc1Sc1cccc(F)c1. The summed E-state index contributed by atoms with van der Waals surface area (Å²) in [6, 6.07) is 10.8. The van der Waals surface area contributed by atoms with Crippen LogP contribution < -0.4 is 0 Å². The molecule has 0 heterocycles. The molecule has 2 rings (SSSR count). The zero-order valence-corrected chi connectivity index (χ0v) is 10.6. The largest absolute Gasteiger partial charge is 0.478 e. The number of benzene rings is 2. The molecule has 0 bridgehead atoms. The average molecular weight is 283 g/mol. The van der Waals surface area contributed by atoms with Gasteiger partial charge in [-0.25, -0.2) is 9.18 Å². The maximum Gasteiger partial charge on any atom is 0.338 e. The standard InChI is InChI=1S/C13H8ClFO2S/c14-10-5-2-6-11(12(10)13(16)17)18-9-4-1-3-8(15)7-9/h1-7H,(H,16,17). The molecule has 5 heteroatoms. The van der Waals surface area contributed by atoms with Crippen molar-refractivity contribution in [2.45, 2.75) is 9.79 Å². The van der Waals surface area contributed by atoms with E-state index in [0.717, 1.165) is 0 Å². The third kappa shape index (κ3) is 2.83. The molecule has 0 amide bonds. The summed E-state index contributed by atoms with van der Waals surface area (Å²) < 4.78 is 13.1. The Morgan fingerprint density at radius 2 is 1.94 bits per heavy atom. The number of aromatic carboxylic acids is 1. The average Bonchev–Trinajstić information content (AvgIpc) is 2.28. The predicted octanol–water partition coefficient (Wildman–Crippen LogP) is 4.33. The smallest absolute Gasteiger partial charge is 0.338 e. The summed E-state index contributed by atoms with van der Waals surface area (Å²) in [5.74, 6) is -1.46. The summed E-state index contributed by atoms with van der Waals surface area (Å²) in [5, 5.41) is 9.28. The molecule has 0 aliphatic heterocycles. The lowest BCUT2D eigenvalue weighted by molar-refractivity contribution is 0.0693. The van der Waals surface area contributed by atoms with Crippen molar-refractivity contribution in [1.29, 1.82) is 0 Å². The molecule has 2 nitrogen and oxygen atoms in total. The van der Waals surface area contributed by atoms with Crippen molar-refractivity contribution in [3.63, 3.8) is 0 Å². The first-order valence-electron chi connectivity index (χ1n) is 5.03. The van der Waals surface area contributed by atoms with Gasteiger partial charge in [0.2, 0.25) is 0 Å². The quantitative estimate of drug-likeness (QED) is 0.910. The lowest BCUT2D eigenvalue weighted by atomic mass is 10.2. The van der Waals surface area contributed by atoms with Gasteiger partial charge in [-0.3, -0.25) is 0 Å². The van der Waals surface area contributed by atoms with Crippen LogP contribution in [0.4, 0.5) is 4.39 Å². The van der Waals surface area contributed by atoms with Crippen LogP contribution >= 0.6 is 23.4 Å². The van der Waals surface area contributed by atoms with Crippen molar-refractivity contribution in [3.05, 3.63) is 58.9 Å². The van der Waals surface area contributed by atoms with E-state index in [2.05, 4.69) is 0 Å². The molecule has 1 N–H and O–H groups in total. The van der Waals surface area contributed by atoms with Gasteiger partial charge in [0.25, 0.3) is 0 Å². The monoisotopic (exact) mass is 282 g/mol. The number of halogens is 2. The van der Waals surface area contributed by atoms with Crippen LogP contribution in [0, 0.1) is 5.82 Å². The van der Waals surface area contributed by atoms with Gasteiger partial charge in [0.1, 0.15) is 5.82 Å². The number of hydrogen-bond donors (Lipinski definition) is 1. The second-order valence-electron chi connectivity index (χ2n) is 3.48. The van der Waals surface area contributed by atoms with E-state index < -0.39 is 5.97 Å². The van der Waals surface area contributed by atoms with E-state index in [1.807, 2.05) is 0 Å². The predicted molar refractivity (Wildman–Crippen MR) is 68.9 cm³/mol. The minimum absolute atomic E-state index is 0.0356. The Morgan fingerprint density at radius 1 is 1.22 bits per heavy atom. The molecule has 0 saturated heterocycles. The van der Waals surface area contributed by atoms with Crippen LogP contribution in [0.15, 0.2) is 52.3 Å². The molecule has 0 aliphatic rings. The molecule has 2 aromatic rings. The van der Waals surface area contributed by atoms with Crippen LogP contribution in [0.3, 0.4) is 0 Å². The normalized spacial score (nSPS) is 10.3. The van der Waals surface area contributed by atoms with Crippen molar-refractivity contribution in [2.75, 3.05) is 0 Å². The van der Waals surface area contributed by atoms with Gasteiger partial charge in [-0.15, -0.1) is 0 Å². The zero-order chi connectivity index (χ0) is 13.1. The number of carboxylic acids is 1. The Labute approximate surface area is 112 Å². The van der Waals surface area contributed by atoms with Crippen LogP contribution in [0.2, 0.25) is 5.02 Å². The second-order valence-corrected chi connectivity index (χ2v) is 5.00. The fourth-order valence-corrected chi connectivity index (χ4v) is 2.78. The van der Waals surface area contributed by atoms with Gasteiger partial charge in [0.05, 0.1) is 10.6 Å². The molecule has 0 spiro atoms. The summed E-state index contributed by atoms with van der Waals surface area (Å²) in [4.78, 5) is 12.2. The minimum atomic E-state index is -1.10. The van der Waals surface area contributed by atoms with Crippen LogP contribution in [0.25, 0.3) is 0 Å². The Bertz CT molecular complexity index is 601. The van der Waals surface area contributed by atoms with Crippen LogP contribution in [0.1, 0.15) is 10.4 Å². The third-order valence-corrected chi connectivity index (χ3v) is 3.58. The molecular formula is C13H8ClFO2S. The van der Waals surface area contributed by atoms with E-state index in [1.165, 1.54) is 30.0 Å². The molecule has 0 fully saturated rings. The summed E-state index contributed by atoms with van der Waals surface area (Å²) in [6.07, 6.45) is 0. The van der Waals surface area contributed by atoms with E-state index in [-0.39, 0.29) is 16.4 Å². The topological polar surface area (TPSA) is 37.3 Å². The van der Waals surface area contributed by atoms with Gasteiger partial charge in [0, 0.05) is 9.79 Å². The van der Waals surface area contributed by atoms with Crippen LogP contribution in [-0.4, -0.2) is 11.1 Å². The molecule has 92 valence electrons. The highest BCUT2D eigenvalue weighted by atomic mass is 35.5. The molecule has 18 heavy (non-hydrogen) atoms. The van der Waals surface area contributed by atoms with Crippen molar-refractivity contribution >= 4 is 29.3 Å². The number of rotatable bonds is 3. The Morgan fingerprint density at radius 3 is 2.61 bits per heavy atom. The molecule has 0 aromatic heterocycles. The lowest BCUT2D eigenvalue weighted by Crippen LogP contribution is -1.99. The second kappa shape index (κ2) is 5.42. The maximum absolute atomic E-state index is 13.1. The molecule has 2 aromatic carbocycles. The molecule has 0 aliphatic carbocycles. The summed E-state index contributed by atoms with van der Waals surface area (Å²) in [6.45, 7) is 0. The van der Waals surface area contributed by atoms with E-state index >= 15 is 0 Å². The first-order chi connectivity index (χ1) is 8.58. The first-order valence-corrected chi connectivity index (χ1v) is 6.22. The molecule has 0 atom stereocenters.